The van der Waals surface area contributed by atoms with E-state index in [1.807, 2.05) is 0 Å². The number of amides is 3. The molecule has 1 rings (SSSR count). The molecule has 0 radical (unpaired) electrons. The van der Waals surface area contributed by atoms with Gasteiger partial charge in [0.25, 0.3) is 0 Å². The van der Waals surface area contributed by atoms with Gasteiger partial charge in [-0.3, -0.25) is 4.79 Å². The molecule has 102 valence electrons. The van der Waals surface area contributed by atoms with E-state index in [1.54, 1.807) is 30.3 Å². The summed E-state index contributed by atoms with van der Waals surface area (Å²) in [6.07, 6.45) is 0. The van der Waals surface area contributed by atoms with Gasteiger partial charge in [0.2, 0.25) is 5.91 Å². The number of hydrogen-bond donors (Lipinski definition) is 4. The zero-order valence-electron chi connectivity index (χ0n) is 10.3. The summed E-state index contributed by atoms with van der Waals surface area (Å²) < 4.78 is 0. The van der Waals surface area contributed by atoms with Gasteiger partial charge in [-0.25, -0.2) is 9.59 Å². The summed E-state index contributed by atoms with van der Waals surface area (Å²) >= 11 is 0. The van der Waals surface area contributed by atoms with Gasteiger partial charge >= 0.3 is 12.0 Å². The number of nitrogens with one attached hydrogen (secondary N) is 2. The highest BCUT2D eigenvalue weighted by molar-refractivity contribution is 5.89. The number of carbonyl (C=O) groups is 3. The number of primary amides is 1. The Morgan fingerprint density at radius 2 is 1.74 bits per heavy atom. The van der Waals surface area contributed by atoms with Gasteiger partial charge in [-0.2, -0.15) is 0 Å². The fourth-order valence-electron chi connectivity index (χ4n) is 1.48. The van der Waals surface area contributed by atoms with Crippen molar-refractivity contribution in [2.45, 2.75) is 19.0 Å². The van der Waals surface area contributed by atoms with E-state index in [0.717, 1.165) is 0 Å². The van der Waals surface area contributed by atoms with E-state index in [-0.39, 0.29) is 0 Å². The molecule has 0 saturated carbocycles. The van der Waals surface area contributed by atoms with Crippen molar-refractivity contribution in [2.24, 2.45) is 5.73 Å². The lowest BCUT2D eigenvalue weighted by molar-refractivity contribution is -0.142. The van der Waals surface area contributed by atoms with Crippen LogP contribution in [0, 0.1) is 0 Å². The minimum Gasteiger partial charge on any atom is -0.479 e. The van der Waals surface area contributed by atoms with Crippen LogP contribution in [0.1, 0.15) is 18.5 Å². The molecule has 0 aliphatic rings. The van der Waals surface area contributed by atoms with Crippen LogP contribution in [0.3, 0.4) is 0 Å². The average Bonchev–Trinajstić information content (AvgIpc) is 2.35. The molecule has 7 heteroatoms. The van der Waals surface area contributed by atoms with Crippen molar-refractivity contribution in [3.05, 3.63) is 35.9 Å². The average molecular weight is 265 g/mol. The molecule has 0 saturated heterocycles. The Kier molecular flexibility index (Phi) is 4.87. The summed E-state index contributed by atoms with van der Waals surface area (Å²) in [5.74, 6) is -1.82. The van der Waals surface area contributed by atoms with Gasteiger partial charge in [0.15, 0.2) is 6.04 Å². The molecule has 19 heavy (non-hydrogen) atoms. The number of carboxylic acids is 1. The second kappa shape index (κ2) is 6.39. The summed E-state index contributed by atoms with van der Waals surface area (Å²) in [5, 5.41) is 13.6. The quantitative estimate of drug-likeness (QED) is 0.598. The lowest BCUT2D eigenvalue weighted by atomic mass is 10.1. The minimum absolute atomic E-state index is 0.439. The predicted molar refractivity (Wildman–Crippen MR) is 67.1 cm³/mol. The molecule has 2 unspecified atom stereocenters. The van der Waals surface area contributed by atoms with Crippen LogP contribution in [0.2, 0.25) is 0 Å². The Bertz CT molecular complexity index is 475. The van der Waals surface area contributed by atoms with Crippen LogP contribution < -0.4 is 16.4 Å². The van der Waals surface area contributed by atoms with E-state index < -0.39 is 30.0 Å². The number of nitrogens with two attached hydrogens (primary N) is 1. The molecule has 3 amide bonds. The largest absolute Gasteiger partial charge is 0.479 e. The first-order valence-corrected chi connectivity index (χ1v) is 5.56. The highest BCUT2D eigenvalue weighted by atomic mass is 16.4. The lowest BCUT2D eigenvalue weighted by Gasteiger charge is -2.18. The maximum absolute atomic E-state index is 11.7. The maximum Gasteiger partial charge on any atom is 0.330 e. The molecule has 0 spiro atoms. The molecule has 7 nitrogen and oxygen atoms in total. The van der Waals surface area contributed by atoms with E-state index in [2.05, 4.69) is 10.6 Å². The van der Waals surface area contributed by atoms with Crippen LogP contribution in [0.25, 0.3) is 0 Å². The molecule has 2 atom stereocenters. The summed E-state index contributed by atoms with van der Waals surface area (Å²) in [6, 6.07) is 5.31. The molecule has 0 aliphatic heterocycles. The van der Waals surface area contributed by atoms with Gasteiger partial charge in [0, 0.05) is 0 Å². The fraction of sp³-hybridized carbons (Fsp3) is 0.250. The van der Waals surface area contributed by atoms with Gasteiger partial charge in [-0.15, -0.1) is 0 Å². The number of aliphatic carboxylic acids is 1. The number of carboxylic acid groups (broad SMARTS) is 1. The van der Waals surface area contributed by atoms with Crippen molar-refractivity contribution < 1.29 is 19.5 Å². The van der Waals surface area contributed by atoms with Crippen molar-refractivity contribution in [1.82, 2.24) is 10.6 Å². The molecule has 5 N–H and O–H groups in total. The van der Waals surface area contributed by atoms with Crippen molar-refractivity contribution in [3.8, 4) is 0 Å². The maximum atomic E-state index is 11.7. The second-order valence-electron chi connectivity index (χ2n) is 3.92. The van der Waals surface area contributed by atoms with Gasteiger partial charge in [-0.1, -0.05) is 30.3 Å². The third kappa shape index (κ3) is 4.30. The predicted octanol–water partition coefficient (Wildman–Crippen LogP) is -0.0147. The van der Waals surface area contributed by atoms with Crippen molar-refractivity contribution >= 4 is 17.9 Å². The highest BCUT2D eigenvalue weighted by Gasteiger charge is 2.24. The van der Waals surface area contributed by atoms with Gasteiger partial charge in [0.1, 0.15) is 6.04 Å². The van der Waals surface area contributed by atoms with E-state index in [9.17, 15) is 14.4 Å². The highest BCUT2D eigenvalue weighted by Crippen LogP contribution is 2.12. The minimum atomic E-state index is -1.19. The molecule has 1 aromatic carbocycles. The van der Waals surface area contributed by atoms with Gasteiger partial charge < -0.3 is 21.5 Å². The Hall–Kier alpha value is -2.57. The number of carbonyl (C=O) groups excluding carboxylic acids is 2. The standard InChI is InChI=1S/C12H15N3O4/c1-7(14-12(13)19)10(16)15-9(11(17)18)8-5-3-2-4-6-8/h2-7,9H,1H3,(H,15,16)(H,17,18)(H3,13,14,19). The van der Waals surface area contributed by atoms with E-state index in [1.165, 1.54) is 6.92 Å². The Morgan fingerprint density at radius 3 is 2.21 bits per heavy atom. The van der Waals surface area contributed by atoms with E-state index in [0.29, 0.717) is 5.56 Å². The molecule has 0 bridgehead atoms. The Morgan fingerprint density at radius 1 is 1.16 bits per heavy atom. The number of benzene rings is 1. The molecule has 0 fully saturated rings. The first-order valence-electron chi connectivity index (χ1n) is 5.56. The van der Waals surface area contributed by atoms with Crippen LogP contribution in [0.15, 0.2) is 30.3 Å². The van der Waals surface area contributed by atoms with Crippen molar-refractivity contribution in [1.29, 1.82) is 0 Å². The van der Waals surface area contributed by atoms with Crippen LogP contribution in [0.4, 0.5) is 4.79 Å². The topological polar surface area (TPSA) is 122 Å². The normalized spacial score (nSPS) is 13.1. The number of rotatable bonds is 5. The number of urea groups is 1. The van der Waals surface area contributed by atoms with Gasteiger partial charge in [0.05, 0.1) is 0 Å². The Labute approximate surface area is 109 Å². The van der Waals surface area contributed by atoms with E-state index >= 15 is 0 Å². The smallest absolute Gasteiger partial charge is 0.330 e. The molecular formula is C12H15N3O4. The summed E-state index contributed by atoms with van der Waals surface area (Å²) in [4.78, 5) is 33.5. The van der Waals surface area contributed by atoms with Crippen LogP contribution in [-0.2, 0) is 9.59 Å². The molecule has 0 aromatic heterocycles. The molecule has 1 aromatic rings. The van der Waals surface area contributed by atoms with Crippen LogP contribution in [0.5, 0.6) is 0 Å². The van der Waals surface area contributed by atoms with Crippen molar-refractivity contribution in [3.63, 3.8) is 0 Å². The summed E-state index contributed by atoms with van der Waals surface area (Å²) in [5.41, 5.74) is 5.33. The third-order valence-electron chi connectivity index (χ3n) is 2.42. The summed E-state index contributed by atoms with van der Waals surface area (Å²) in [7, 11) is 0. The molecule has 0 heterocycles. The SMILES string of the molecule is CC(NC(N)=O)C(=O)NC(C(=O)O)c1ccccc1. The lowest BCUT2D eigenvalue weighted by Crippen LogP contribution is -2.48. The molecular weight excluding hydrogens is 250 g/mol. The summed E-state index contributed by atoms with van der Waals surface area (Å²) in [6.45, 7) is 1.41. The van der Waals surface area contributed by atoms with Crippen molar-refractivity contribution in [2.75, 3.05) is 0 Å². The Balaban J connectivity index is 2.78. The van der Waals surface area contributed by atoms with Gasteiger partial charge in [-0.05, 0) is 12.5 Å². The zero-order chi connectivity index (χ0) is 14.4. The number of hydrogen-bond acceptors (Lipinski definition) is 3. The third-order valence-corrected chi connectivity index (χ3v) is 2.42. The fourth-order valence-corrected chi connectivity index (χ4v) is 1.48. The second-order valence-corrected chi connectivity index (χ2v) is 3.92. The first kappa shape index (κ1) is 14.5. The monoisotopic (exact) mass is 265 g/mol. The van der Waals surface area contributed by atoms with Crippen LogP contribution in [-0.4, -0.2) is 29.1 Å². The molecule has 0 aliphatic carbocycles. The van der Waals surface area contributed by atoms with Crippen LogP contribution >= 0.6 is 0 Å². The van der Waals surface area contributed by atoms with E-state index in [4.69, 9.17) is 10.8 Å². The zero-order valence-corrected chi connectivity index (χ0v) is 10.3. The first-order chi connectivity index (χ1) is 8.91.